The number of sulfonamides is 1. The minimum absolute atomic E-state index is 0.131. The zero-order valence-electron chi connectivity index (χ0n) is 17.0. The van der Waals surface area contributed by atoms with Crippen molar-refractivity contribution < 1.29 is 26.7 Å². The van der Waals surface area contributed by atoms with Crippen LogP contribution in [-0.4, -0.2) is 71.9 Å². The van der Waals surface area contributed by atoms with E-state index in [1.165, 1.54) is 12.1 Å². The highest BCUT2D eigenvalue weighted by Gasteiger charge is 2.38. The van der Waals surface area contributed by atoms with Crippen molar-refractivity contribution >= 4 is 47.4 Å². The maximum atomic E-state index is 13.2. The molecule has 16 heteroatoms. The maximum Gasteiger partial charge on any atom is 0.365 e. The number of primary sulfonamides is 1. The molecule has 34 heavy (non-hydrogen) atoms. The topological polar surface area (TPSA) is 211 Å². The molecule has 5 rings (SSSR count). The van der Waals surface area contributed by atoms with Crippen molar-refractivity contribution in [3.05, 3.63) is 35.3 Å². The Bertz CT molecular complexity index is 1660. The van der Waals surface area contributed by atoms with Gasteiger partial charge in [0.25, 0.3) is 0 Å². The third-order valence-corrected chi connectivity index (χ3v) is 9.66. The summed E-state index contributed by atoms with van der Waals surface area (Å²) in [5.74, 6) is -1.35. The number of nitrogens with one attached hydrogen (secondary N) is 2. The van der Waals surface area contributed by atoms with Gasteiger partial charge in [-0.2, -0.15) is 0 Å². The fourth-order valence-electron chi connectivity index (χ4n) is 3.71. The highest BCUT2D eigenvalue weighted by atomic mass is 32.2. The van der Waals surface area contributed by atoms with Crippen LogP contribution in [0.25, 0.3) is 32.7 Å². The molecule has 176 valence electrons. The van der Waals surface area contributed by atoms with Gasteiger partial charge in [0.2, 0.25) is 15.0 Å². The van der Waals surface area contributed by atoms with E-state index in [1.807, 2.05) is 0 Å². The van der Waals surface area contributed by atoms with Gasteiger partial charge in [-0.1, -0.05) is 18.2 Å². The van der Waals surface area contributed by atoms with Gasteiger partial charge in [-0.05, 0) is 28.1 Å². The molecular formula is C18H15N7O6S3. The number of hydrogen-bond acceptors (Lipinski definition) is 11. The van der Waals surface area contributed by atoms with E-state index in [4.69, 9.17) is 5.14 Å². The molecule has 5 N–H and O–H groups in total. The molecule has 0 aliphatic carbocycles. The smallest absolute Gasteiger partial charge is 0.365 e. The number of fused-ring (bicyclic) bond motifs is 1. The largest absolute Gasteiger partial charge is 0.476 e. The van der Waals surface area contributed by atoms with Crippen LogP contribution in [0.1, 0.15) is 9.80 Å². The maximum absolute atomic E-state index is 13.2. The third-order valence-electron chi connectivity index (χ3n) is 5.37. The van der Waals surface area contributed by atoms with Gasteiger partial charge in [-0.25, -0.2) is 36.9 Å². The van der Waals surface area contributed by atoms with Crippen LogP contribution in [0, 0.1) is 0 Å². The summed E-state index contributed by atoms with van der Waals surface area (Å²) in [7, 11) is -8.68. The van der Waals surface area contributed by atoms with Gasteiger partial charge >= 0.3 is 5.97 Å². The Labute approximate surface area is 196 Å². The molecule has 13 nitrogen and oxygen atoms in total. The van der Waals surface area contributed by atoms with Crippen molar-refractivity contribution in [2.75, 3.05) is 13.1 Å². The van der Waals surface area contributed by atoms with Gasteiger partial charge in [0.15, 0.2) is 15.7 Å². The summed E-state index contributed by atoms with van der Waals surface area (Å²) in [4.78, 5) is 14.5. The number of carbonyl (C=O) groups is 1. The summed E-state index contributed by atoms with van der Waals surface area (Å²) < 4.78 is 52.6. The molecule has 2 aromatic heterocycles. The van der Waals surface area contributed by atoms with Crippen LogP contribution in [0.4, 0.5) is 0 Å². The second-order valence-electron chi connectivity index (χ2n) is 7.41. The number of carboxylic acids is 1. The Balaban J connectivity index is 1.89. The van der Waals surface area contributed by atoms with E-state index >= 15 is 0 Å². The number of aromatic carboxylic acids is 1. The zero-order chi connectivity index (χ0) is 24.3. The van der Waals surface area contributed by atoms with E-state index in [-0.39, 0.29) is 40.6 Å². The molecule has 2 aromatic carbocycles. The Kier molecular flexibility index (Phi) is 5.21. The minimum Gasteiger partial charge on any atom is -0.476 e. The summed E-state index contributed by atoms with van der Waals surface area (Å²) in [6, 6.07) is 7.51. The molecule has 0 bridgehead atoms. The summed E-state index contributed by atoms with van der Waals surface area (Å²) >= 11 is 0.945. The molecule has 4 aromatic rings. The molecule has 1 aliphatic heterocycles. The average Bonchev–Trinajstić information content (AvgIpc) is 3.40. The summed E-state index contributed by atoms with van der Waals surface area (Å²) in [5, 5.41) is 30.0. The van der Waals surface area contributed by atoms with E-state index in [0.29, 0.717) is 10.3 Å². The van der Waals surface area contributed by atoms with Crippen LogP contribution < -0.4 is 10.5 Å². The molecule has 1 aliphatic rings. The number of H-pyrrole nitrogens is 1. The second kappa shape index (κ2) is 7.88. The molecule has 0 spiro atoms. The normalized spacial score (nSPS) is 14.9. The van der Waals surface area contributed by atoms with Crippen molar-refractivity contribution in [3.63, 3.8) is 0 Å². The molecule has 1 fully saturated rings. The Hall–Kier alpha value is -3.31. The van der Waals surface area contributed by atoms with E-state index in [9.17, 15) is 26.7 Å². The summed E-state index contributed by atoms with van der Waals surface area (Å²) in [5.41, 5.74) is 0.698. The number of hydrogen-bond donors (Lipinski definition) is 4. The van der Waals surface area contributed by atoms with Crippen LogP contribution in [-0.2, 0) is 19.9 Å². The lowest BCUT2D eigenvalue weighted by molar-refractivity contribution is 0.0696. The predicted molar refractivity (Wildman–Crippen MR) is 120 cm³/mol. The Morgan fingerprint density at radius 1 is 1.12 bits per heavy atom. The molecular weight excluding hydrogens is 506 g/mol. The van der Waals surface area contributed by atoms with Crippen LogP contribution >= 0.6 is 11.3 Å². The van der Waals surface area contributed by atoms with Gasteiger partial charge in [-0.15, -0.1) is 16.4 Å². The monoisotopic (exact) mass is 521 g/mol. The fourth-order valence-corrected chi connectivity index (χ4v) is 7.73. The number of tetrazole rings is 1. The summed E-state index contributed by atoms with van der Waals surface area (Å²) in [6.45, 7) is 0.340. The number of para-hydroxylation sites is 1. The van der Waals surface area contributed by atoms with Gasteiger partial charge < -0.3 is 10.4 Å². The quantitative estimate of drug-likeness (QED) is 0.270. The minimum atomic E-state index is -4.61. The Morgan fingerprint density at radius 3 is 2.47 bits per heavy atom. The van der Waals surface area contributed by atoms with Crippen LogP contribution in [0.2, 0.25) is 0 Å². The lowest BCUT2D eigenvalue weighted by Crippen LogP contribution is -2.51. The van der Waals surface area contributed by atoms with E-state index in [0.717, 1.165) is 11.3 Å². The number of carboxylic acid groups (broad SMARTS) is 1. The first-order valence-electron chi connectivity index (χ1n) is 9.61. The van der Waals surface area contributed by atoms with E-state index in [2.05, 4.69) is 30.9 Å². The number of benzene rings is 2. The number of nitrogens with zero attached hydrogens (tertiary/aromatic N) is 4. The zero-order valence-corrected chi connectivity index (χ0v) is 19.4. The number of thiazole rings is 1. The van der Waals surface area contributed by atoms with Gasteiger partial charge in [0, 0.05) is 24.2 Å². The number of sulfone groups is 1. The lowest BCUT2D eigenvalue weighted by Gasteiger charge is -2.28. The molecule has 0 unspecified atom stereocenters. The standard InChI is InChI=1S/C18H15N7O6S3/c19-34(30,31)15-12(33(28,29)8-6-20-7-8)5-4-9(13(15)16-22-24-25-23-16)10-2-1-3-11-14(10)21-17(32-11)18(26)27/h1-5,8,20H,6-7H2,(H,26,27)(H2,19,30,31)(H,22,23,24,25). The fraction of sp³-hybridized carbons (Fsp3) is 0.167. The van der Waals surface area contributed by atoms with Crippen molar-refractivity contribution in [2.24, 2.45) is 5.14 Å². The van der Waals surface area contributed by atoms with Crippen molar-refractivity contribution in [1.29, 1.82) is 0 Å². The molecule has 0 saturated carbocycles. The first-order valence-corrected chi connectivity index (χ1v) is 13.5. The van der Waals surface area contributed by atoms with Gasteiger partial charge in [-0.3, -0.25) is 0 Å². The average molecular weight is 522 g/mol. The van der Waals surface area contributed by atoms with Crippen LogP contribution in [0.5, 0.6) is 0 Å². The van der Waals surface area contributed by atoms with Gasteiger partial charge in [0.1, 0.15) is 4.90 Å². The molecule has 0 radical (unpaired) electrons. The second-order valence-corrected chi connectivity index (χ2v) is 12.1. The number of rotatable bonds is 6. The number of nitrogens with two attached hydrogens (primary N) is 1. The molecule has 0 amide bonds. The van der Waals surface area contributed by atoms with Crippen molar-refractivity contribution in [1.82, 2.24) is 30.9 Å². The first-order chi connectivity index (χ1) is 16.1. The number of aromatic amines is 1. The van der Waals surface area contributed by atoms with Crippen LogP contribution in [0.15, 0.2) is 40.1 Å². The van der Waals surface area contributed by atoms with Crippen molar-refractivity contribution in [3.8, 4) is 22.5 Å². The first kappa shape index (κ1) is 22.5. The summed E-state index contributed by atoms with van der Waals surface area (Å²) in [6.07, 6.45) is 0. The van der Waals surface area contributed by atoms with Gasteiger partial charge in [0.05, 0.1) is 20.4 Å². The van der Waals surface area contributed by atoms with Crippen molar-refractivity contribution in [2.45, 2.75) is 15.0 Å². The molecule has 1 saturated heterocycles. The lowest BCUT2D eigenvalue weighted by atomic mass is 9.98. The Morgan fingerprint density at radius 2 is 1.88 bits per heavy atom. The molecule has 0 atom stereocenters. The highest BCUT2D eigenvalue weighted by molar-refractivity contribution is 7.94. The SMILES string of the molecule is NS(=O)(=O)c1c(S(=O)(=O)C2CNC2)ccc(-c2cccc3sc(C(=O)O)nc23)c1-c1nnn[nH]1. The third kappa shape index (κ3) is 3.55. The number of aromatic nitrogens is 5. The highest BCUT2D eigenvalue weighted by Crippen LogP contribution is 2.42. The predicted octanol–water partition coefficient (Wildman–Crippen LogP) is 0.235. The van der Waals surface area contributed by atoms with E-state index < -0.39 is 40.9 Å². The molecule has 3 heterocycles. The van der Waals surface area contributed by atoms with Crippen LogP contribution in [0.3, 0.4) is 0 Å². The van der Waals surface area contributed by atoms with E-state index in [1.54, 1.807) is 18.2 Å².